The Labute approximate surface area is 152 Å². The lowest BCUT2D eigenvalue weighted by Gasteiger charge is -2.23. The number of thiophene rings is 1. The minimum atomic E-state index is 0.775. The van der Waals surface area contributed by atoms with E-state index in [1.165, 1.54) is 29.7 Å². The second-order valence-electron chi connectivity index (χ2n) is 6.35. The van der Waals surface area contributed by atoms with Gasteiger partial charge in [0.1, 0.15) is 5.69 Å². The predicted octanol–water partition coefficient (Wildman–Crippen LogP) is 4.48. The van der Waals surface area contributed by atoms with E-state index >= 15 is 0 Å². The molecule has 4 nitrogen and oxygen atoms in total. The average molecular weight is 350 g/mol. The first-order valence-electron chi connectivity index (χ1n) is 8.83. The molecule has 2 aromatic heterocycles. The van der Waals surface area contributed by atoms with Gasteiger partial charge in [0.25, 0.3) is 0 Å². The van der Waals surface area contributed by atoms with E-state index in [0.29, 0.717) is 0 Å². The summed E-state index contributed by atoms with van der Waals surface area (Å²) < 4.78 is 2.02. The molecule has 0 spiro atoms. The molecule has 0 atom stereocenters. The Morgan fingerprint density at radius 3 is 2.64 bits per heavy atom. The Bertz CT molecular complexity index is 815. The zero-order valence-corrected chi connectivity index (χ0v) is 15.0. The van der Waals surface area contributed by atoms with Crippen molar-refractivity contribution in [2.24, 2.45) is 5.10 Å². The maximum Gasteiger partial charge on any atom is 0.111 e. The molecule has 1 fully saturated rings. The van der Waals surface area contributed by atoms with Crippen molar-refractivity contribution in [2.75, 3.05) is 13.1 Å². The smallest absolute Gasteiger partial charge is 0.111 e. The standard InChI is InChI=1S/C20H22N4S/c1-3-8-17(9-4-1)15-24-16-18(14-21-23-11-5-2-6-12-23)20(22-24)19-10-7-13-25-19/h1,3-4,7-10,13-14,16H,2,5-6,11-12,15H2/b21-14+. The normalized spacial score (nSPS) is 15.1. The molecular formula is C20H22N4S. The van der Waals surface area contributed by atoms with Crippen LogP contribution in [-0.4, -0.2) is 34.1 Å². The van der Waals surface area contributed by atoms with Gasteiger partial charge in [-0.05, 0) is 36.3 Å². The summed E-state index contributed by atoms with van der Waals surface area (Å²) in [6.07, 6.45) is 7.89. The molecule has 0 unspecified atom stereocenters. The molecule has 1 aliphatic heterocycles. The van der Waals surface area contributed by atoms with Crippen LogP contribution in [0.15, 0.2) is 59.1 Å². The van der Waals surface area contributed by atoms with Gasteiger partial charge < -0.3 is 0 Å². The first-order valence-corrected chi connectivity index (χ1v) is 9.71. The van der Waals surface area contributed by atoms with Crippen molar-refractivity contribution in [1.82, 2.24) is 14.8 Å². The molecule has 3 heterocycles. The summed E-state index contributed by atoms with van der Waals surface area (Å²) in [5.41, 5.74) is 3.36. The van der Waals surface area contributed by atoms with Crippen molar-refractivity contribution in [3.05, 3.63) is 65.2 Å². The number of rotatable bonds is 5. The molecule has 0 N–H and O–H groups in total. The lowest BCUT2D eigenvalue weighted by atomic mass is 10.2. The van der Waals surface area contributed by atoms with Gasteiger partial charge in [0.15, 0.2) is 0 Å². The Balaban J connectivity index is 1.60. The van der Waals surface area contributed by atoms with Crippen LogP contribution in [0.5, 0.6) is 0 Å². The van der Waals surface area contributed by atoms with Crippen LogP contribution in [0, 0.1) is 0 Å². The topological polar surface area (TPSA) is 33.4 Å². The first-order chi connectivity index (χ1) is 12.4. The van der Waals surface area contributed by atoms with E-state index in [0.717, 1.165) is 30.9 Å². The molecule has 0 radical (unpaired) electrons. The molecule has 0 aliphatic carbocycles. The number of piperidine rings is 1. The van der Waals surface area contributed by atoms with E-state index in [4.69, 9.17) is 10.2 Å². The number of benzene rings is 1. The SMILES string of the molecule is C(=N\N1CCCCC1)/c1cn(Cc2ccccc2)nc1-c1cccs1. The maximum absolute atomic E-state index is 4.83. The molecule has 3 aromatic rings. The lowest BCUT2D eigenvalue weighted by Crippen LogP contribution is -2.24. The molecule has 0 bridgehead atoms. The molecule has 1 aromatic carbocycles. The van der Waals surface area contributed by atoms with Gasteiger partial charge >= 0.3 is 0 Å². The molecule has 1 saturated heterocycles. The Hall–Kier alpha value is -2.40. The predicted molar refractivity (Wildman–Crippen MR) is 104 cm³/mol. The van der Waals surface area contributed by atoms with Gasteiger partial charge in [0.05, 0.1) is 17.6 Å². The second kappa shape index (κ2) is 7.66. The highest BCUT2D eigenvalue weighted by molar-refractivity contribution is 7.13. The highest BCUT2D eigenvalue weighted by atomic mass is 32.1. The zero-order valence-electron chi connectivity index (χ0n) is 14.2. The van der Waals surface area contributed by atoms with Crippen molar-refractivity contribution in [2.45, 2.75) is 25.8 Å². The summed E-state index contributed by atoms with van der Waals surface area (Å²) in [5, 5.41) is 13.8. The summed E-state index contributed by atoms with van der Waals surface area (Å²) in [6.45, 7) is 2.89. The third-order valence-electron chi connectivity index (χ3n) is 4.42. The molecule has 4 rings (SSSR count). The van der Waals surface area contributed by atoms with E-state index in [9.17, 15) is 0 Å². The molecule has 5 heteroatoms. The molecule has 0 amide bonds. The maximum atomic E-state index is 4.83. The second-order valence-corrected chi connectivity index (χ2v) is 7.30. The summed E-state index contributed by atoms with van der Waals surface area (Å²) in [6, 6.07) is 14.6. The van der Waals surface area contributed by atoms with Crippen molar-refractivity contribution < 1.29 is 0 Å². The van der Waals surface area contributed by atoms with Gasteiger partial charge in [-0.25, -0.2) is 0 Å². The van der Waals surface area contributed by atoms with Crippen LogP contribution in [0.25, 0.3) is 10.6 Å². The van der Waals surface area contributed by atoms with Crippen molar-refractivity contribution in [3.8, 4) is 10.6 Å². The van der Waals surface area contributed by atoms with Gasteiger partial charge in [-0.2, -0.15) is 10.2 Å². The fourth-order valence-corrected chi connectivity index (χ4v) is 3.86. The largest absolute Gasteiger partial charge is 0.297 e. The number of nitrogens with zero attached hydrogens (tertiary/aromatic N) is 4. The summed E-state index contributed by atoms with van der Waals surface area (Å²) in [5.74, 6) is 0. The number of hydrazone groups is 1. The quantitative estimate of drug-likeness (QED) is 0.636. The minimum absolute atomic E-state index is 0.775. The zero-order chi connectivity index (χ0) is 16.9. The molecule has 0 saturated carbocycles. The fourth-order valence-electron chi connectivity index (χ4n) is 3.12. The van der Waals surface area contributed by atoms with E-state index in [-0.39, 0.29) is 0 Å². The van der Waals surface area contributed by atoms with Crippen LogP contribution in [0.4, 0.5) is 0 Å². The first kappa shape index (κ1) is 16.1. The van der Waals surface area contributed by atoms with Gasteiger partial charge in [-0.1, -0.05) is 36.4 Å². The average Bonchev–Trinajstić information content (AvgIpc) is 3.31. The monoisotopic (exact) mass is 350 g/mol. The van der Waals surface area contributed by atoms with Crippen LogP contribution in [0.1, 0.15) is 30.4 Å². The Morgan fingerprint density at radius 2 is 1.88 bits per heavy atom. The minimum Gasteiger partial charge on any atom is -0.297 e. The molecule has 1 aliphatic rings. The Morgan fingerprint density at radius 1 is 1.04 bits per heavy atom. The third kappa shape index (κ3) is 3.99. The van der Waals surface area contributed by atoms with Crippen LogP contribution in [0.3, 0.4) is 0 Å². The van der Waals surface area contributed by atoms with E-state index in [1.807, 2.05) is 17.0 Å². The Kier molecular flexibility index (Phi) is 4.93. The number of hydrogen-bond donors (Lipinski definition) is 0. The van der Waals surface area contributed by atoms with Crippen molar-refractivity contribution in [1.29, 1.82) is 0 Å². The van der Waals surface area contributed by atoms with Gasteiger partial charge in [-0.15, -0.1) is 11.3 Å². The molecular weight excluding hydrogens is 328 g/mol. The lowest BCUT2D eigenvalue weighted by molar-refractivity contribution is 0.240. The number of aromatic nitrogens is 2. The summed E-state index contributed by atoms with van der Waals surface area (Å²) in [7, 11) is 0. The van der Waals surface area contributed by atoms with E-state index < -0.39 is 0 Å². The highest BCUT2D eigenvalue weighted by Gasteiger charge is 2.12. The van der Waals surface area contributed by atoms with Crippen molar-refractivity contribution in [3.63, 3.8) is 0 Å². The summed E-state index contributed by atoms with van der Waals surface area (Å²) >= 11 is 1.72. The van der Waals surface area contributed by atoms with Gasteiger partial charge in [0, 0.05) is 24.8 Å². The van der Waals surface area contributed by atoms with Crippen LogP contribution in [-0.2, 0) is 6.54 Å². The van der Waals surface area contributed by atoms with Crippen LogP contribution >= 0.6 is 11.3 Å². The van der Waals surface area contributed by atoms with Gasteiger partial charge in [-0.3, -0.25) is 9.69 Å². The van der Waals surface area contributed by atoms with Crippen LogP contribution < -0.4 is 0 Å². The fraction of sp³-hybridized carbons (Fsp3) is 0.300. The van der Waals surface area contributed by atoms with Crippen molar-refractivity contribution >= 4 is 17.6 Å². The number of hydrogen-bond acceptors (Lipinski definition) is 4. The molecule has 128 valence electrons. The highest BCUT2D eigenvalue weighted by Crippen LogP contribution is 2.26. The summed E-state index contributed by atoms with van der Waals surface area (Å²) in [4.78, 5) is 1.19. The van der Waals surface area contributed by atoms with E-state index in [1.54, 1.807) is 11.3 Å². The van der Waals surface area contributed by atoms with E-state index in [2.05, 4.69) is 53.0 Å². The van der Waals surface area contributed by atoms with Crippen LogP contribution in [0.2, 0.25) is 0 Å². The van der Waals surface area contributed by atoms with Gasteiger partial charge in [0.2, 0.25) is 0 Å². The molecule has 25 heavy (non-hydrogen) atoms. The third-order valence-corrected chi connectivity index (χ3v) is 5.30.